The van der Waals surface area contributed by atoms with E-state index in [1.165, 1.54) is 4.72 Å². The van der Waals surface area contributed by atoms with Gasteiger partial charge in [0.25, 0.3) is 0 Å². The van der Waals surface area contributed by atoms with Gasteiger partial charge in [0, 0.05) is 18.9 Å². The summed E-state index contributed by atoms with van der Waals surface area (Å²) in [6, 6.07) is 0.555. The lowest BCUT2D eigenvalue weighted by Gasteiger charge is -2.14. The first kappa shape index (κ1) is 20.4. The maximum absolute atomic E-state index is 13.8. The van der Waals surface area contributed by atoms with Crippen molar-refractivity contribution in [3.8, 4) is 0 Å². The summed E-state index contributed by atoms with van der Waals surface area (Å²) in [5, 5.41) is -1.62. The van der Waals surface area contributed by atoms with E-state index < -0.39 is 67.1 Å². The zero-order chi connectivity index (χ0) is 19.9. The zero-order valence-electron chi connectivity index (χ0n) is 12.1. The van der Waals surface area contributed by atoms with Gasteiger partial charge in [-0.05, 0) is 11.6 Å². The van der Waals surface area contributed by atoms with Crippen molar-refractivity contribution in [2.45, 2.75) is 17.6 Å². The molecule has 0 aliphatic heterocycles. The summed E-state index contributed by atoms with van der Waals surface area (Å²) in [4.78, 5) is 1.43. The lowest BCUT2D eigenvalue weighted by Crippen LogP contribution is -2.27. The van der Waals surface area contributed by atoms with E-state index in [9.17, 15) is 39.2 Å². The van der Waals surface area contributed by atoms with Crippen LogP contribution in [0.2, 0.25) is 5.02 Å². The van der Waals surface area contributed by atoms with Gasteiger partial charge in [0.05, 0.1) is 5.56 Å². The topological polar surface area (TPSA) is 59.1 Å². The summed E-state index contributed by atoms with van der Waals surface area (Å²) in [5.74, 6) is -9.03. The molecule has 0 atom stereocenters. The molecule has 13 heteroatoms. The minimum atomic E-state index is -5.23. The number of rotatable bonds is 4. The van der Waals surface area contributed by atoms with E-state index in [2.05, 4.69) is 4.98 Å². The van der Waals surface area contributed by atoms with Crippen LogP contribution in [0.25, 0.3) is 0 Å². The van der Waals surface area contributed by atoms with Crippen LogP contribution in [0.1, 0.15) is 11.1 Å². The van der Waals surface area contributed by atoms with Gasteiger partial charge < -0.3 is 0 Å². The summed E-state index contributed by atoms with van der Waals surface area (Å²) >= 11 is 5.06. The SMILES string of the molecule is O=S(=O)(NCc1cnccc1C(F)(F)F)c1c(F)c(F)c(F)c(Cl)c1F. The van der Waals surface area contributed by atoms with E-state index in [4.69, 9.17) is 11.6 Å². The predicted molar refractivity (Wildman–Crippen MR) is 74.5 cm³/mol. The minimum Gasteiger partial charge on any atom is -0.264 e. The fourth-order valence-electron chi connectivity index (χ4n) is 1.91. The first-order valence-corrected chi connectivity index (χ1v) is 8.25. The number of aromatic nitrogens is 1. The second-order valence-electron chi connectivity index (χ2n) is 4.75. The molecular weight excluding hydrogens is 417 g/mol. The summed E-state index contributed by atoms with van der Waals surface area (Å²) in [7, 11) is -5.23. The van der Waals surface area contributed by atoms with Gasteiger partial charge in [0.15, 0.2) is 28.2 Å². The molecule has 2 aromatic rings. The van der Waals surface area contributed by atoms with E-state index in [1.54, 1.807) is 0 Å². The first-order chi connectivity index (χ1) is 11.9. The standard InChI is InChI=1S/C13H6ClF7N2O2S/c14-7-8(15)10(17)11(18)12(9(7)16)26(24,25)23-4-5-3-22-2-1-6(5)13(19,20)21/h1-3,23H,4H2. The van der Waals surface area contributed by atoms with E-state index in [1.807, 2.05) is 0 Å². The Labute approximate surface area is 146 Å². The zero-order valence-corrected chi connectivity index (χ0v) is 13.7. The highest BCUT2D eigenvalue weighted by Gasteiger charge is 2.35. The molecule has 142 valence electrons. The molecule has 26 heavy (non-hydrogen) atoms. The van der Waals surface area contributed by atoms with Crippen LogP contribution in [0.15, 0.2) is 23.4 Å². The molecule has 2 rings (SSSR count). The van der Waals surface area contributed by atoms with Gasteiger partial charge in [-0.25, -0.2) is 30.7 Å². The van der Waals surface area contributed by atoms with Crippen molar-refractivity contribution >= 4 is 21.6 Å². The molecule has 0 saturated heterocycles. The number of halogens is 8. The van der Waals surface area contributed by atoms with Gasteiger partial charge in [-0.1, -0.05) is 11.6 Å². The number of hydrogen-bond acceptors (Lipinski definition) is 3. The van der Waals surface area contributed by atoms with Crippen molar-refractivity contribution in [1.29, 1.82) is 0 Å². The summed E-state index contributed by atoms with van der Waals surface area (Å²) in [5.41, 5.74) is -1.92. The molecule has 1 aromatic carbocycles. The van der Waals surface area contributed by atoms with Crippen LogP contribution in [-0.4, -0.2) is 13.4 Å². The Kier molecular flexibility index (Phi) is 5.49. The van der Waals surface area contributed by atoms with Crippen molar-refractivity contribution in [1.82, 2.24) is 9.71 Å². The average Bonchev–Trinajstić information content (AvgIpc) is 2.56. The molecule has 4 nitrogen and oxygen atoms in total. The van der Waals surface area contributed by atoms with Crippen LogP contribution < -0.4 is 4.72 Å². The molecule has 1 heterocycles. The van der Waals surface area contributed by atoms with E-state index >= 15 is 0 Å². The Morgan fingerprint density at radius 3 is 2.23 bits per heavy atom. The van der Waals surface area contributed by atoms with Crippen molar-refractivity contribution in [3.05, 3.63) is 57.9 Å². The maximum atomic E-state index is 13.8. The van der Waals surface area contributed by atoms with Gasteiger partial charge in [0.1, 0.15) is 5.02 Å². The summed E-state index contributed by atoms with van der Waals surface area (Å²) in [6.07, 6.45) is -3.38. The van der Waals surface area contributed by atoms with Crippen LogP contribution in [0.5, 0.6) is 0 Å². The van der Waals surface area contributed by atoms with Crippen LogP contribution in [0.3, 0.4) is 0 Å². The van der Waals surface area contributed by atoms with Crippen LogP contribution in [-0.2, 0) is 22.7 Å². The smallest absolute Gasteiger partial charge is 0.264 e. The predicted octanol–water partition coefficient (Wildman–Crippen LogP) is 3.79. The minimum absolute atomic E-state index is 0.555. The monoisotopic (exact) mass is 422 g/mol. The van der Waals surface area contributed by atoms with Crippen molar-refractivity contribution in [2.75, 3.05) is 0 Å². The second kappa shape index (κ2) is 7.00. The molecular formula is C13H6ClF7N2O2S. The normalized spacial score (nSPS) is 12.5. The molecule has 1 N–H and O–H groups in total. The molecule has 1 aromatic heterocycles. The Morgan fingerprint density at radius 2 is 1.65 bits per heavy atom. The van der Waals surface area contributed by atoms with Crippen LogP contribution in [0.4, 0.5) is 30.7 Å². The third-order valence-electron chi connectivity index (χ3n) is 3.10. The number of alkyl halides is 3. The number of nitrogens with zero attached hydrogens (tertiary/aromatic N) is 1. The average molecular weight is 423 g/mol. The van der Waals surface area contributed by atoms with E-state index in [0.717, 1.165) is 6.20 Å². The lowest BCUT2D eigenvalue weighted by atomic mass is 10.1. The second-order valence-corrected chi connectivity index (χ2v) is 6.84. The van der Waals surface area contributed by atoms with Crippen molar-refractivity contribution < 1.29 is 39.2 Å². The third-order valence-corrected chi connectivity index (χ3v) is 4.85. The lowest BCUT2D eigenvalue weighted by molar-refractivity contribution is -0.138. The van der Waals surface area contributed by atoms with Crippen LogP contribution >= 0.6 is 11.6 Å². The van der Waals surface area contributed by atoms with Crippen molar-refractivity contribution in [2.24, 2.45) is 0 Å². The van der Waals surface area contributed by atoms with Gasteiger partial charge >= 0.3 is 6.18 Å². The van der Waals surface area contributed by atoms with Gasteiger partial charge in [-0.15, -0.1) is 0 Å². The summed E-state index contributed by atoms with van der Waals surface area (Å²) < 4.78 is 118. The highest BCUT2D eigenvalue weighted by molar-refractivity contribution is 7.89. The molecule has 0 aliphatic rings. The van der Waals surface area contributed by atoms with E-state index in [-0.39, 0.29) is 0 Å². The van der Waals surface area contributed by atoms with Crippen molar-refractivity contribution in [3.63, 3.8) is 0 Å². The Bertz CT molecular complexity index is 935. The quantitative estimate of drug-likeness (QED) is 0.463. The number of nitrogens with one attached hydrogen (secondary N) is 1. The molecule has 0 aliphatic carbocycles. The summed E-state index contributed by atoms with van der Waals surface area (Å²) in [6.45, 7) is -1.08. The molecule has 0 amide bonds. The van der Waals surface area contributed by atoms with Gasteiger partial charge in [0.2, 0.25) is 10.0 Å². The fraction of sp³-hybridized carbons (Fsp3) is 0.154. The molecule has 0 radical (unpaired) electrons. The molecule has 0 bridgehead atoms. The molecule has 0 saturated carbocycles. The first-order valence-electron chi connectivity index (χ1n) is 6.39. The highest BCUT2D eigenvalue weighted by Crippen LogP contribution is 2.33. The number of benzene rings is 1. The van der Waals surface area contributed by atoms with Gasteiger partial charge in [-0.2, -0.15) is 13.2 Å². The molecule has 0 fully saturated rings. The maximum Gasteiger partial charge on any atom is 0.416 e. The molecule has 0 spiro atoms. The Morgan fingerprint density at radius 1 is 1.04 bits per heavy atom. The fourth-order valence-corrected chi connectivity index (χ4v) is 3.30. The number of sulfonamides is 1. The third kappa shape index (κ3) is 3.76. The Balaban J connectivity index is 2.44. The van der Waals surface area contributed by atoms with Crippen LogP contribution in [0, 0.1) is 23.3 Å². The highest BCUT2D eigenvalue weighted by atomic mass is 35.5. The number of pyridine rings is 1. The molecule has 0 unspecified atom stereocenters. The Hall–Kier alpha value is -1.92. The number of hydrogen-bond donors (Lipinski definition) is 1. The largest absolute Gasteiger partial charge is 0.416 e. The van der Waals surface area contributed by atoms with E-state index in [0.29, 0.717) is 12.3 Å². The van der Waals surface area contributed by atoms with Gasteiger partial charge in [-0.3, -0.25) is 4.98 Å².